The number of benzene rings is 2. The van der Waals surface area contributed by atoms with Crippen molar-refractivity contribution in [2.45, 2.75) is 25.8 Å². The molecule has 0 aliphatic heterocycles. The van der Waals surface area contributed by atoms with Crippen molar-refractivity contribution in [1.82, 2.24) is 5.32 Å². The van der Waals surface area contributed by atoms with Crippen LogP contribution in [0.15, 0.2) is 48.5 Å². The van der Waals surface area contributed by atoms with Gasteiger partial charge in [0.1, 0.15) is 6.61 Å². The predicted octanol–water partition coefficient (Wildman–Crippen LogP) is 3.54. The molecular formula is C20H23NO3. The first-order chi connectivity index (χ1) is 11.6. The van der Waals surface area contributed by atoms with E-state index in [2.05, 4.69) is 29.6 Å². The average Bonchev–Trinajstić information content (AvgIpc) is 2.91. The van der Waals surface area contributed by atoms with Gasteiger partial charge in [0.25, 0.3) is 0 Å². The first-order valence-electron chi connectivity index (χ1n) is 8.34. The van der Waals surface area contributed by atoms with Gasteiger partial charge >= 0.3 is 6.09 Å². The fourth-order valence-corrected chi connectivity index (χ4v) is 3.21. The number of rotatable bonds is 5. The highest BCUT2D eigenvalue weighted by atomic mass is 16.5. The molecule has 1 amide bonds. The van der Waals surface area contributed by atoms with E-state index in [-0.39, 0.29) is 31.1 Å². The molecule has 0 spiro atoms. The number of carbonyl (C=O) groups is 1. The molecule has 126 valence electrons. The van der Waals surface area contributed by atoms with Gasteiger partial charge in [0.05, 0.1) is 12.6 Å². The van der Waals surface area contributed by atoms with Crippen LogP contribution in [-0.4, -0.2) is 30.5 Å². The van der Waals surface area contributed by atoms with E-state index in [1.807, 2.05) is 38.1 Å². The average molecular weight is 325 g/mol. The molecular weight excluding hydrogens is 302 g/mol. The second-order valence-electron chi connectivity index (χ2n) is 6.50. The van der Waals surface area contributed by atoms with Gasteiger partial charge < -0.3 is 15.2 Å². The van der Waals surface area contributed by atoms with Crippen LogP contribution < -0.4 is 5.32 Å². The summed E-state index contributed by atoms with van der Waals surface area (Å²) in [6.07, 6.45) is -0.482. The largest absolute Gasteiger partial charge is 0.449 e. The van der Waals surface area contributed by atoms with Crippen molar-refractivity contribution in [2.24, 2.45) is 5.92 Å². The Hall–Kier alpha value is -2.33. The Bertz CT molecular complexity index is 681. The molecule has 3 rings (SSSR count). The molecule has 4 heteroatoms. The highest BCUT2D eigenvalue weighted by molar-refractivity contribution is 5.79. The van der Waals surface area contributed by atoms with E-state index in [1.165, 1.54) is 22.3 Å². The molecule has 24 heavy (non-hydrogen) atoms. The fourth-order valence-electron chi connectivity index (χ4n) is 3.21. The molecule has 1 atom stereocenters. The van der Waals surface area contributed by atoms with Crippen LogP contribution in [0, 0.1) is 5.92 Å². The van der Waals surface area contributed by atoms with Crippen LogP contribution in [0.5, 0.6) is 0 Å². The van der Waals surface area contributed by atoms with Gasteiger partial charge in [-0.25, -0.2) is 4.79 Å². The van der Waals surface area contributed by atoms with Crippen molar-refractivity contribution in [3.63, 3.8) is 0 Å². The monoisotopic (exact) mass is 325 g/mol. The maximum absolute atomic E-state index is 12.1. The number of aliphatic hydroxyl groups is 1. The number of hydrogen-bond acceptors (Lipinski definition) is 3. The second kappa shape index (κ2) is 7.05. The van der Waals surface area contributed by atoms with E-state index in [0.717, 1.165) is 0 Å². The van der Waals surface area contributed by atoms with E-state index in [0.29, 0.717) is 0 Å². The zero-order valence-corrected chi connectivity index (χ0v) is 14.0. The summed E-state index contributed by atoms with van der Waals surface area (Å²) in [5.74, 6) is 0.199. The summed E-state index contributed by atoms with van der Waals surface area (Å²) >= 11 is 0. The number of aliphatic hydroxyl groups excluding tert-OH is 1. The van der Waals surface area contributed by atoms with Crippen LogP contribution in [0.1, 0.15) is 30.9 Å². The van der Waals surface area contributed by atoms with E-state index >= 15 is 0 Å². The highest BCUT2D eigenvalue weighted by Gasteiger charge is 2.29. The van der Waals surface area contributed by atoms with Gasteiger partial charge in [0.15, 0.2) is 0 Å². The predicted molar refractivity (Wildman–Crippen MR) is 93.9 cm³/mol. The van der Waals surface area contributed by atoms with Gasteiger partial charge in [0, 0.05) is 5.92 Å². The van der Waals surface area contributed by atoms with Gasteiger partial charge in [0.2, 0.25) is 0 Å². The van der Waals surface area contributed by atoms with Crippen molar-refractivity contribution in [2.75, 3.05) is 13.2 Å². The van der Waals surface area contributed by atoms with E-state index in [4.69, 9.17) is 4.74 Å². The molecule has 1 unspecified atom stereocenters. The summed E-state index contributed by atoms with van der Waals surface area (Å²) in [6.45, 7) is 4.09. The topological polar surface area (TPSA) is 58.6 Å². The molecule has 0 heterocycles. The number of carbonyl (C=O) groups excluding carboxylic acids is 1. The molecule has 0 radical (unpaired) electrons. The quantitative estimate of drug-likeness (QED) is 0.884. The third-order valence-electron chi connectivity index (χ3n) is 4.65. The summed E-state index contributed by atoms with van der Waals surface area (Å²) in [5, 5.41) is 12.0. The minimum atomic E-state index is -0.482. The summed E-state index contributed by atoms with van der Waals surface area (Å²) in [5.41, 5.74) is 4.79. The van der Waals surface area contributed by atoms with Crippen LogP contribution in [-0.2, 0) is 4.74 Å². The van der Waals surface area contributed by atoms with Gasteiger partial charge in [-0.1, -0.05) is 62.4 Å². The van der Waals surface area contributed by atoms with Crippen molar-refractivity contribution in [3.05, 3.63) is 59.7 Å². The first kappa shape index (κ1) is 16.5. The Labute approximate surface area is 142 Å². The van der Waals surface area contributed by atoms with E-state index < -0.39 is 6.09 Å². The lowest BCUT2D eigenvalue weighted by molar-refractivity contribution is 0.126. The molecule has 0 saturated heterocycles. The number of amides is 1. The molecule has 1 aliphatic carbocycles. The van der Waals surface area contributed by atoms with Crippen LogP contribution in [0.3, 0.4) is 0 Å². The molecule has 4 nitrogen and oxygen atoms in total. The molecule has 0 aromatic heterocycles. The molecule has 1 aliphatic rings. The standard InChI is InChI=1S/C20H23NO3/c1-13(2)19(11-22)21-20(23)24-12-18-16-9-5-3-7-14(16)15-8-4-6-10-17(15)18/h3-10,13,18-19,22H,11-12H2,1-2H3,(H,21,23). The molecule has 0 saturated carbocycles. The van der Waals surface area contributed by atoms with Crippen LogP contribution >= 0.6 is 0 Å². The smallest absolute Gasteiger partial charge is 0.407 e. The van der Waals surface area contributed by atoms with Crippen molar-refractivity contribution in [1.29, 1.82) is 0 Å². The summed E-state index contributed by atoms with van der Waals surface area (Å²) in [6, 6.07) is 16.2. The Morgan fingerprint density at radius 1 is 1.08 bits per heavy atom. The highest BCUT2D eigenvalue weighted by Crippen LogP contribution is 2.44. The minimum Gasteiger partial charge on any atom is -0.449 e. The first-order valence-corrected chi connectivity index (χ1v) is 8.34. The van der Waals surface area contributed by atoms with Crippen molar-refractivity contribution >= 4 is 6.09 Å². The summed E-state index contributed by atoms with van der Waals surface area (Å²) < 4.78 is 5.46. The second-order valence-corrected chi connectivity index (χ2v) is 6.50. The summed E-state index contributed by atoms with van der Waals surface area (Å²) in [7, 11) is 0. The lowest BCUT2D eigenvalue weighted by atomic mass is 9.98. The zero-order chi connectivity index (χ0) is 17.1. The SMILES string of the molecule is CC(C)C(CO)NC(=O)OCC1c2ccccc2-c2ccccc21. The van der Waals surface area contributed by atoms with Crippen molar-refractivity contribution in [3.8, 4) is 11.1 Å². The number of ether oxygens (including phenoxy) is 1. The Balaban J connectivity index is 1.73. The number of nitrogens with one attached hydrogen (secondary N) is 1. The normalized spacial score (nSPS) is 14.2. The maximum atomic E-state index is 12.1. The number of fused-ring (bicyclic) bond motifs is 3. The maximum Gasteiger partial charge on any atom is 0.407 e. The van der Waals surface area contributed by atoms with Gasteiger partial charge in [-0.3, -0.25) is 0 Å². The lowest BCUT2D eigenvalue weighted by Crippen LogP contribution is -2.41. The zero-order valence-electron chi connectivity index (χ0n) is 14.0. The van der Waals surface area contributed by atoms with E-state index in [9.17, 15) is 9.90 Å². The molecule has 2 aromatic carbocycles. The fraction of sp³-hybridized carbons (Fsp3) is 0.350. The molecule has 2 aromatic rings. The Morgan fingerprint density at radius 3 is 2.12 bits per heavy atom. The van der Waals surface area contributed by atoms with Gasteiger partial charge in [-0.15, -0.1) is 0 Å². The Morgan fingerprint density at radius 2 is 1.62 bits per heavy atom. The third-order valence-corrected chi connectivity index (χ3v) is 4.65. The van der Waals surface area contributed by atoms with Crippen LogP contribution in [0.4, 0.5) is 4.79 Å². The van der Waals surface area contributed by atoms with Crippen LogP contribution in [0.2, 0.25) is 0 Å². The molecule has 2 N–H and O–H groups in total. The van der Waals surface area contributed by atoms with Crippen molar-refractivity contribution < 1.29 is 14.6 Å². The van der Waals surface area contributed by atoms with Crippen LogP contribution in [0.25, 0.3) is 11.1 Å². The number of alkyl carbamates (subject to hydrolysis) is 1. The third kappa shape index (κ3) is 3.15. The van der Waals surface area contributed by atoms with Gasteiger partial charge in [-0.2, -0.15) is 0 Å². The van der Waals surface area contributed by atoms with E-state index in [1.54, 1.807) is 0 Å². The number of hydrogen-bond donors (Lipinski definition) is 2. The molecule has 0 bridgehead atoms. The summed E-state index contributed by atoms with van der Waals surface area (Å²) in [4.78, 5) is 12.1. The Kier molecular flexibility index (Phi) is 4.86. The minimum absolute atomic E-state index is 0.0507. The molecule has 0 fully saturated rings. The lowest BCUT2D eigenvalue weighted by Gasteiger charge is -2.20. The van der Waals surface area contributed by atoms with Gasteiger partial charge in [-0.05, 0) is 28.2 Å².